The van der Waals surface area contributed by atoms with Crippen LogP contribution in [-0.2, 0) is 27.2 Å². The number of hydrogen-bond acceptors (Lipinski definition) is 7. The van der Waals surface area contributed by atoms with Crippen LogP contribution >= 0.6 is 11.3 Å². The van der Waals surface area contributed by atoms with Crippen molar-refractivity contribution in [3.63, 3.8) is 0 Å². The molecular weight excluding hydrogens is 671 g/mol. The fraction of sp³-hybridized carbons (Fsp3) is 0.714. The van der Waals surface area contributed by atoms with E-state index in [0.717, 1.165) is 56.5 Å². The Kier molecular flexibility index (Phi) is 39.0. The highest BCUT2D eigenvalue weighted by Crippen LogP contribution is 2.32. The number of thiazole rings is 1. The van der Waals surface area contributed by atoms with Crippen LogP contribution in [-0.4, -0.2) is 53.9 Å². The average molecular weight is 752 g/mol. The largest absolute Gasteiger partial charge is 0.394 e. The van der Waals surface area contributed by atoms with Gasteiger partial charge in [-0.3, -0.25) is 14.4 Å². The molecule has 1 aliphatic carbocycles. The number of methoxy groups -OCH3 is 1. The van der Waals surface area contributed by atoms with Gasteiger partial charge in [0.1, 0.15) is 0 Å². The molecule has 2 fully saturated rings. The number of allylic oxidation sites excluding steroid dienone is 5. The first-order valence-electron chi connectivity index (χ1n) is 19.9. The lowest BCUT2D eigenvalue weighted by Crippen LogP contribution is -2.46. The Morgan fingerprint density at radius 1 is 0.923 bits per heavy atom. The molecule has 9 nitrogen and oxygen atoms in total. The van der Waals surface area contributed by atoms with Crippen LogP contribution in [0, 0.1) is 11.8 Å². The monoisotopic (exact) mass is 752 g/mol. The summed E-state index contributed by atoms with van der Waals surface area (Å²) in [6.07, 6.45) is 16.8. The van der Waals surface area contributed by atoms with E-state index in [4.69, 9.17) is 21.9 Å². The van der Waals surface area contributed by atoms with Crippen molar-refractivity contribution in [3.8, 4) is 0 Å². The number of carbonyl (C=O) groups excluding carboxylic acids is 3. The van der Waals surface area contributed by atoms with Gasteiger partial charge in [-0.25, -0.2) is 4.98 Å². The zero-order chi connectivity index (χ0) is 41.2. The number of amides is 3. The van der Waals surface area contributed by atoms with Gasteiger partial charge in [-0.05, 0) is 97.5 Å². The average Bonchev–Trinajstić information content (AvgIpc) is 3.60. The molecular formula is C42H81N5O4S. The fourth-order valence-electron chi connectivity index (χ4n) is 4.48. The Balaban J connectivity index is -0.000000293. The van der Waals surface area contributed by atoms with Crippen molar-refractivity contribution in [1.82, 2.24) is 9.88 Å². The van der Waals surface area contributed by atoms with Crippen molar-refractivity contribution in [2.75, 3.05) is 20.2 Å². The van der Waals surface area contributed by atoms with Gasteiger partial charge >= 0.3 is 0 Å². The van der Waals surface area contributed by atoms with Gasteiger partial charge < -0.3 is 26.8 Å². The predicted molar refractivity (Wildman–Crippen MR) is 226 cm³/mol. The number of nitrogens with zero attached hydrogens (tertiary/aromatic N) is 2. The van der Waals surface area contributed by atoms with Gasteiger partial charge in [0.05, 0.1) is 17.5 Å². The molecule has 3 rings (SSSR count). The number of piperidine rings is 1. The molecule has 1 unspecified atom stereocenters. The van der Waals surface area contributed by atoms with E-state index in [-0.39, 0.29) is 11.6 Å². The molecule has 1 aromatic heterocycles. The number of likely N-dealkylation sites (tertiary alicyclic amines) is 1. The van der Waals surface area contributed by atoms with Crippen molar-refractivity contribution >= 4 is 29.1 Å². The lowest BCUT2D eigenvalue weighted by molar-refractivity contribution is -0.144. The Labute approximate surface area is 324 Å². The number of aromatic nitrogens is 1. The summed E-state index contributed by atoms with van der Waals surface area (Å²) in [6.45, 7) is 30.6. The second-order valence-electron chi connectivity index (χ2n) is 12.1. The van der Waals surface area contributed by atoms with E-state index in [0.29, 0.717) is 22.9 Å². The maximum atomic E-state index is 11.9. The lowest BCUT2D eigenvalue weighted by atomic mass is 9.81. The summed E-state index contributed by atoms with van der Waals surface area (Å²) in [7, 11) is 1.73. The van der Waals surface area contributed by atoms with Gasteiger partial charge in [0.15, 0.2) is 5.01 Å². The minimum atomic E-state index is -0.582. The second-order valence-corrected chi connectivity index (χ2v) is 13.1. The molecule has 1 atom stereocenters. The van der Waals surface area contributed by atoms with Crippen molar-refractivity contribution in [1.29, 1.82) is 0 Å². The van der Waals surface area contributed by atoms with E-state index in [9.17, 15) is 14.4 Å². The zero-order valence-electron chi connectivity index (χ0n) is 36.1. The maximum absolute atomic E-state index is 11.9. The van der Waals surface area contributed by atoms with E-state index >= 15 is 0 Å². The van der Waals surface area contributed by atoms with Crippen LogP contribution in [0.4, 0.5) is 0 Å². The fourth-order valence-corrected chi connectivity index (χ4v) is 5.38. The molecule has 1 saturated carbocycles. The summed E-state index contributed by atoms with van der Waals surface area (Å²) < 4.78 is 5.18. The lowest BCUT2D eigenvalue weighted by Gasteiger charge is -2.37. The van der Waals surface area contributed by atoms with Gasteiger partial charge in [-0.15, -0.1) is 11.3 Å². The third-order valence-electron chi connectivity index (χ3n) is 8.50. The summed E-state index contributed by atoms with van der Waals surface area (Å²) in [6, 6.07) is 0. The Morgan fingerprint density at radius 2 is 1.46 bits per heavy atom. The molecule has 304 valence electrons. The first-order chi connectivity index (χ1) is 24.8. The van der Waals surface area contributed by atoms with Crippen LogP contribution in [0.15, 0.2) is 35.1 Å². The quantitative estimate of drug-likeness (QED) is 0.116. The van der Waals surface area contributed by atoms with E-state index in [1.54, 1.807) is 13.2 Å². The molecule has 0 spiro atoms. The Bertz CT molecular complexity index is 1150. The normalized spacial score (nSPS) is 17.0. The molecule has 1 aromatic rings. The number of carbonyl (C=O) groups is 3. The Morgan fingerprint density at radius 3 is 1.83 bits per heavy atom. The topological polar surface area (TPSA) is 155 Å². The number of nitrogens with two attached hydrogens (primary N) is 3. The molecule has 10 heteroatoms. The van der Waals surface area contributed by atoms with Gasteiger partial charge in [-0.1, -0.05) is 99.0 Å². The minimum absolute atomic E-state index is 0.0931. The van der Waals surface area contributed by atoms with Crippen LogP contribution in [0.1, 0.15) is 169 Å². The zero-order valence-corrected chi connectivity index (χ0v) is 36.9. The van der Waals surface area contributed by atoms with E-state index in [1.807, 2.05) is 66.4 Å². The van der Waals surface area contributed by atoms with E-state index < -0.39 is 11.8 Å². The predicted octanol–water partition coefficient (Wildman–Crippen LogP) is 9.93. The van der Waals surface area contributed by atoms with Crippen LogP contribution in [0.2, 0.25) is 0 Å². The first-order valence-corrected chi connectivity index (χ1v) is 20.7. The third-order valence-corrected chi connectivity index (χ3v) is 9.76. The molecule has 2 aliphatic rings. The summed E-state index contributed by atoms with van der Waals surface area (Å²) in [5.41, 5.74) is 18.9. The van der Waals surface area contributed by atoms with E-state index in [2.05, 4.69) is 52.6 Å². The van der Waals surface area contributed by atoms with Gasteiger partial charge in [0, 0.05) is 31.0 Å². The first kappa shape index (κ1) is 55.8. The van der Waals surface area contributed by atoms with Crippen LogP contribution < -0.4 is 17.2 Å². The number of hydrogen-bond donors (Lipinski definition) is 3. The summed E-state index contributed by atoms with van der Waals surface area (Å²) in [4.78, 5) is 40.9. The smallest absolute Gasteiger partial charge is 0.277 e. The minimum Gasteiger partial charge on any atom is -0.394 e. The van der Waals surface area contributed by atoms with Crippen molar-refractivity contribution in [2.24, 2.45) is 29.0 Å². The Hall–Kier alpha value is -2.98. The molecule has 6 N–H and O–H groups in total. The third kappa shape index (κ3) is 25.9. The molecule has 0 aromatic carbocycles. The molecule has 0 radical (unpaired) electrons. The van der Waals surface area contributed by atoms with Gasteiger partial charge in [0.2, 0.25) is 5.91 Å². The highest BCUT2D eigenvalue weighted by molar-refractivity contribution is 7.13. The molecule has 1 aliphatic heterocycles. The van der Waals surface area contributed by atoms with Crippen molar-refractivity contribution in [2.45, 2.75) is 167 Å². The SMILES string of the molecule is C/C=C(C)/C=C(\N)C(N)=O.C/C=C(\C)CC.CC.CC.CC.CCc1sc(C(N)=O)nc1CCC(C)CC.COC1CC(C(=O)N2CCCCC2)C1. The standard InChI is InChI=1S/C12H20N2OS.C11H19NO2.C7H12N2O.C6H12.3C2H6/c1-4-8(3)6-7-9-10(5-2)16-12(14-9)11(13)15;1-14-10-7-9(8-10)11(13)12-5-3-2-4-6-12;1-3-5(2)4-6(8)7(9)10;1-4-6(3)5-2;3*1-2/h8H,4-7H2,1-3H3,(H2,13,15);9-10H,2-8H2,1H3;3-4H,8H2,1-2H3,(H2,9,10);4H,5H2,1-3H3;3*1-2H3/b;;5-3+,6-4-;6-4+;;;. The summed E-state index contributed by atoms with van der Waals surface area (Å²) in [5.74, 6) is 0.357. The number of primary amides is 2. The van der Waals surface area contributed by atoms with Crippen molar-refractivity contribution in [3.05, 3.63) is 50.7 Å². The van der Waals surface area contributed by atoms with Gasteiger partial charge in [0.25, 0.3) is 11.8 Å². The van der Waals surface area contributed by atoms with Crippen LogP contribution in [0.25, 0.3) is 0 Å². The van der Waals surface area contributed by atoms with E-state index in [1.165, 1.54) is 53.9 Å². The molecule has 2 heterocycles. The summed E-state index contributed by atoms with van der Waals surface area (Å²) >= 11 is 1.44. The molecule has 3 amide bonds. The molecule has 1 saturated heterocycles. The highest BCUT2D eigenvalue weighted by Gasteiger charge is 2.37. The molecule has 52 heavy (non-hydrogen) atoms. The number of aryl methyl sites for hydroxylation is 2. The second kappa shape index (κ2) is 36.4. The highest BCUT2D eigenvalue weighted by atomic mass is 32.1. The number of ether oxygens (including phenoxy) is 1. The van der Waals surface area contributed by atoms with Crippen LogP contribution in [0.3, 0.4) is 0 Å². The van der Waals surface area contributed by atoms with Crippen LogP contribution in [0.5, 0.6) is 0 Å². The molecule has 0 bridgehead atoms. The maximum Gasteiger partial charge on any atom is 0.277 e. The summed E-state index contributed by atoms with van der Waals surface area (Å²) in [5, 5.41) is 0.455. The van der Waals surface area contributed by atoms with Crippen molar-refractivity contribution < 1.29 is 19.1 Å². The van der Waals surface area contributed by atoms with Gasteiger partial charge in [-0.2, -0.15) is 0 Å². The number of rotatable bonds is 11.